The molecule has 2 N–H and O–H groups in total. The molecule has 3 rings (SSSR count). The summed E-state index contributed by atoms with van der Waals surface area (Å²) in [5.41, 5.74) is -0.310. The number of halogens is 2. The summed E-state index contributed by atoms with van der Waals surface area (Å²) < 4.78 is 26.7. The maximum atomic E-state index is 13.3. The van der Waals surface area contributed by atoms with Crippen molar-refractivity contribution >= 4 is 0 Å². The fourth-order valence-electron chi connectivity index (χ4n) is 4.30. The molecule has 148 valence electrons. The molecule has 0 radical (unpaired) electrons. The zero-order chi connectivity index (χ0) is 20.6. The molecule has 0 bridgehead atoms. The lowest BCUT2D eigenvalue weighted by Gasteiger charge is -2.41. The maximum absolute atomic E-state index is 13.3. The Labute approximate surface area is 159 Å². The highest BCUT2D eigenvalue weighted by Gasteiger charge is 2.65. The Bertz CT molecular complexity index is 816. The summed E-state index contributed by atoms with van der Waals surface area (Å²) in [5.74, 6) is -0.954. The van der Waals surface area contributed by atoms with Crippen LogP contribution in [0.25, 0.3) is 0 Å². The van der Waals surface area contributed by atoms with Crippen molar-refractivity contribution in [2.45, 2.75) is 38.0 Å². The fraction of sp³-hybridized carbons (Fsp3) is 0.368. The van der Waals surface area contributed by atoms with Gasteiger partial charge in [0.1, 0.15) is 17.0 Å². The van der Waals surface area contributed by atoms with Crippen molar-refractivity contribution < 1.29 is 23.9 Å². The largest absolute Gasteiger partial charge is 0.322 e. The van der Waals surface area contributed by atoms with Gasteiger partial charge in [-0.15, -0.1) is 0 Å². The van der Waals surface area contributed by atoms with Crippen molar-refractivity contribution in [2.75, 3.05) is 0 Å². The van der Waals surface area contributed by atoms with E-state index < -0.39 is 51.1 Å². The molecule has 2 aromatic carbocycles. The molecule has 0 unspecified atom stereocenters. The molecule has 1 aliphatic heterocycles. The minimum Gasteiger partial charge on any atom is -0.322 e. The molecule has 0 aromatic heterocycles. The smallest absolute Gasteiger partial charge is 0.279 e. The Morgan fingerprint density at radius 3 is 1.39 bits per heavy atom. The Hall–Kier alpha value is -2.94. The van der Waals surface area contributed by atoms with Crippen molar-refractivity contribution in [3.8, 4) is 0 Å². The molecule has 0 amide bonds. The number of rotatable bonds is 4. The Morgan fingerprint density at radius 2 is 1.11 bits per heavy atom. The van der Waals surface area contributed by atoms with Crippen LogP contribution in [-0.4, -0.2) is 21.9 Å². The molecular weight excluding hydrogens is 372 g/mol. The topological polar surface area (TPSA) is 103 Å². The molecule has 1 heterocycles. The van der Waals surface area contributed by atoms with Crippen molar-refractivity contribution in [3.63, 3.8) is 0 Å². The summed E-state index contributed by atoms with van der Waals surface area (Å²) in [6.07, 6.45) is 0. The molecule has 7 nitrogen and oxygen atoms in total. The molecule has 0 aliphatic carbocycles. The number of quaternary nitrogens is 1. The van der Waals surface area contributed by atoms with E-state index in [0.717, 1.165) is 0 Å². The molecule has 9 heteroatoms. The standard InChI is InChI=1S/C19H19F2N3O4/c1-19(2)17(23(25)26)15(11-3-7-13(20)8-4-11)22-16(18(19)24(27)28)12-5-9-14(21)10-6-12/h3-10,15-18,22H,1-2H3/p+1/t15-,16-,17+,18+/m1/s1. The predicted molar refractivity (Wildman–Crippen MR) is 95.6 cm³/mol. The number of nitrogens with two attached hydrogens (primary N) is 1. The summed E-state index contributed by atoms with van der Waals surface area (Å²) in [7, 11) is 0. The average Bonchev–Trinajstić information content (AvgIpc) is 2.60. The molecule has 28 heavy (non-hydrogen) atoms. The van der Waals surface area contributed by atoms with E-state index in [1.165, 1.54) is 62.4 Å². The van der Waals surface area contributed by atoms with Gasteiger partial charge in [0, 0.05) is 21.0 Å². The lowest BCUT2D eigenvalue weighted by atomic mass is 9.66. The first-order chi connectivity index (χ1) is 13.1. The normalized spacial score (nSPS) is 26.6. The van der Waals surface area contributed by atoms with Gasteiger partial charge in [-0.05, 0) is 62.4 Å². The number of benzene rings is 2. The minimum atomic E-state index is -1.32. The van der Waals surface area contributed by atoms with E-state index in [2.05, 4.69) is 0 Å². The Kier molecular flexibility index (Phi) is 5.12. The van der Waals surface area contributed by atoms with Crippen molar-refractivity contribution in [1.29, 1.82) is 0 Å². The van der Waals surface area contributed by atoms with Gasteiger partial charge in [-0.2, -0.15) is 0 Å². The highest BCUT2D eigenvalue weighted by atomic mass is 19.1. The van der Waals surface area contributed by atoms with Crippen LogP contribution >= 0.6 is 0 Å². The minimum absolute atomic E-state index is 0.477. The van der Waals surface area contributed by atoms with Crippen LogP contribution in [-0.2, 0) is 0 Å². The van der Waals surface area contributed by atoms with Gasteiger partial charge in [0.2, 0.25) is 0 Å². The van der Waals surface area contributed by atoms with Gasteiger partial charge in [0.05, 0.1) is 0 Å². The van der Waals surface area contributed by atoms with Gasteiger partial charge in [0.15, 0.2) is 12.1 Å². The van der Waals surface area contributed by atoms with Crippen LogP contribution in [0.1, 0.15) is 37.1 Å². The zero-order valence-electron chi connectivity index (χ0n) is 15.3. The maximum Gasteiger partial charge on any atom is 0.279 e. The van der Waals surface area contributed by atoms with E-state index in [-0.39, 0.29) is 0 Å². The van der Waals surface area contributed by atoms with E-state index in [9.17, 15) is 29.0 Å². The van der Waals surface area contributed by atoms with Gasteiger partial charge in [-0.25, -0.2) is 8.78 Å². The summed E-state index contributed by atoms with van der Waals surface area (Å²) in [6, 6.07) is 6.57. The van der Waals surface area contributed by atoms with Crippen LogP contribution in [0.5, 0.6) is 0 Å². The average molecular weight is 392 g/mol. The van der Waals surface area contributed by atoms with Crippen LogP contribution < -0.4 is 5.32 Å². The SMILES string of the molecule is CC1(C)[C@@H]([N+](=O)[O-])[C@@H](c2ccc(F)cc2)[NH2+][C@H](c2ccc(F)cc2)[C@@H]1[N+](=O)[O-]. The lowest BCUT2D eigenvalue weighted by Crippen LogP contribution is -2.96. The fourth-order valence-corrected chi connectivity index (χ4v) is 4.30. The highest BCUT2D eigenvalue weighted by molar-refractivity contribution is 5.24. The third kappa shape index (κ3) is 3.45. The highest BCUT2D eigenvalue weighted by Crippen LogP contribution is 2.43. The van der Waals surface area contributed by atoms with Gasteiger partial charge in [-0.1, -0.05) is 0 Å². The summed E-state index contributed by atoms with van der Waals surface area (Å²) in [4.78, 5) is 22.8. The first kappa shape index (κ1) is 19.8. The van der Waals surface area contributed by atoms with Crippen LogP contribution in [0.4, 0.5) is 8.78 Å². The molecule has 0 saturated carbocycles. The van der Waals surface area contributed by atoms with E-state index in [1.807, 2.05) is 0 Å². The lowest BCUT2D eigenvalue weighted by molar-refractivity contribution is -0.818. The van der Waals surface area contributed by atoms with Crippen molar-refractivity contribution in [3.05, 3.63) is 91.5 Å². The second-order valence-electron chi connectivity index (χ2n) is 7.63. The van der Waals surface area contributed by atoms with Crippen LogP contribution in [0.15, 0.2) is 48.5 Å². The molecule has 4 atom stereocenters. The van der Waals surface area contributed by atoms with Gasteiger partial charge < -0.3 is 5.32 Å². The number of nitro groups is 2. The van der Waals surface area contributed by atoms with Gasteiger partial charge >= 0.3 is 0 Å². The first-order valence-corrected chi connectivity index (χ1v) is 8.76. The Balaban J connectivity index is 2.14. The number of nitrogens with zero attached hydrogens (tertiary/aromatic N) is 2. The van der Waals surface area contributed by atoms with Gasteiger partial charge in [-0.3, -0.25) is 20.2 Å². The van der Waals surface area contributed by atoms with Crippen LogP contribution in [0.3, 0.4) is 0 Å². The van der Waals surface area contributed by atoms with E-state index in [4.69, 9.17) is 0 Å². The first-order valence-electron chi connectivity index (χ1n) is 8.76. The molecule has 0 spiro atoms. The summed E-state index contributed by atoms with van der Waals surface area (Å²) in [5, 5.41) is 25.4. The quantitative estimate of drug-likeness (QED) is 0.638. The van der Waals surface area contributed by atoms with Crippen LogP contribution in [0, 0.1) is 37.3 Å². The summed E-state index contributed by atoms with van der Waals surface area (Å²) in [6.45, 7) is 3.02. The monoisotopic (exact) mass is 392 g/mol. The Morgan fingerprint density at radius 1 is 0.786 bits per heavy atom. The van der Waals surface area contributed by atoms with Gasteiger partial charge in [0.25, 0.3) is 12.1 Å². The van der Waals surface area contributed by atoms with Crippen molar-refractivity contribution in [1.82, 2.24) is 0 Å². The molecule has 1 fully saturated rings. The summed E-state index contributed by atoms with van der Waals surface area (Å²) >= 11 is 0. The second kappa shape index (κ2) is 7.23. The zero-order valence-corrected chi connectivity index (χ0v) is 15.3. The number of piperidine rings is 1. The molecule has 2 aromatic rings. The second-order valence-corrected chi connectivity index (χ2v) is 7.63. The molecule has 1 saturated heterocycles. The molecular formula is C19H20F2N3O4+. The molecule has 1 aliphatic rings. The third-order valence-corrected chi connectivity index (χ3v) is 5.58. The van der Waals surface area contributed by atoms with Crippen LogP contribution in [0.2, 0.25) is 0 Å². The third-order valence-electron chi connectivity index (χ3n) is 5.58. The number of hydrogen-bond acceptors (Lipinski definition) is 4. The van der Waals surface area contributed by atoms with E-state index in [1.54, 1.807) is 5.32 Å². The van der Waals surface area contributed by atoms with Crippen molar-refractivity contribution in [2.24, 2.45) is 5.41 Å². The van der Waals surface area contributed by atoms with E-state index >= 15 is 0 Å². The predicted octanol–water partition coefficient (Wildman–Crippen LogP) is 2.64. The van der Waals surface area contributed by atoms with E-state index in [0.29, 0.717) is 11.1 Å². The number of hydrogen-bond donors (Lipinski definition) is 1.